The zero-order valence-electron chi connectivity index (χ0n) is 16.4. The Labute approximate surface area is 169 Å². The minimum atomic E-state index is 0. The number of piperazine rings is 1. The van der Waals surface area contributed by atoms with E-state index < -0.39 is 0 Å². The maximum absolute atomic E-state index is 12.4. The van der Waals surface area contributed by atoms with Gasteiger partial charge in [-0.25, -0.2) is 0 Å². The first-order chi connectivity index (χ1) is 12.6. The molecule has 0 radical (unpaired) electrons. The summed E-state index contributed by atoms with van der Waals surface area (Å²) < 4.78 is 5.85. The van der Waals surface area contributed by atoms with Crippen molar-refractivity contribution >= 4 is 24.0 Å². The number of benzene rings is 1. The lowest BCUT2D eigenvalue weighted by Gasteiger charge is -2.32. The van der Waals surface area contributed by atoms with Crippen LogP contribution in [-0.2, 0) is 4.79 Å². The van der Waals surface area contributed by atoms with Gasteiger partial charge in [0, 0.05) is 50.4 Å². The third kappa shape index (κ3) is 6.96. The van der Waals surface area contributed by atoms with Crippen LogP contribution in [0.3, 0.4) is 0 Å². The van der Waals surface area contributed by atoms with Crippen LogP contribution >= 0.6 is 12.4 Å². The molecule has 0 aliphatic carbocycles. The SMILES string of the molecule is C[C@H]1C[C@@H](C(=O)Nc2ccc(OCCN3CCN(C)CC3)cc2)CCN1.Cl. The largest absolute Gasteiger partial charge is 0.492 e. The van der Waals surface area contributed by atoms with E-state index in [0.29, 0.717) is 12.6 Å². The highest BCUT2D eigenvalue weighted by molar-refractivity contribution is 5.92. The molecule has 2 atom stereocenters. The molecule has 2 saturated heterocycles. The Morgan fingerprint density at radius 3 is 2.59 bits per heavy atom. The van der Waals surface area contributed by atoms with Crippen LogP contribution in [0, 0.1) is 5.92 Å². The average Bonchev–Trinajstić information content (AvgIpc) is 2.65. The molecule has 0 bridgehead atoms. The van der Waals surface area contributed by atoms with Gasteiger partial charge in [-0.15, -0.1) is 12.4 Å². The Balaban J connectivity index is 0.00000261. The number of hydrogen-bond donors (Lipinski definition) is 2. The number of piperidine rings is 1. The number of ether oxygens (including phenoxy) is 1. The van der Waals surface area contributed by atoms with Crippen LogP contribution in [0.5, 0.6) is 5.75 Å². The monoisotopic (exact) mass is 396 g/mol. The minimum Gasteiger partial charge on any atom is -0.492 e. The van der Waals surface area contributed by atoms with Crippen LogP contribution in [0.1, 0.15) is 19.8 Å². The zero-order valence-corrected chi connectivity index (χ0v) is 17.3. The molecular formula is C20H33ClN4O2. The van der Waals surface area contributed by atoms with E-state index in [4.69, 9.17) is 4.74 Å². The molecule has 1 amide bonds. The van der Waals surface area contributed by atoms with Gasteiger partial charge in [0.15, 0.2) is 0 Å². The number of anilines is 1. The lowest BCUT2D eigenvalue weighted by atomic mass is 9.92. The van der Waals surface area contributed by atoms with Crippen molar-refractivity contribution in [1.82, 2.24) is 15.1 Å². The zero-order chi connectivity index (χ0) is 18.4. The van der Waals surface area contributed by atoms with E-state index in [9.17, 15) is 4.79 Å². The summed E-state index contributed by atoms with van der Waals surface area (Å²) in [6, 6.07) is 8.13. The number of hydrogen-bond acceptors (Lipinski definition) is 5. The van der Waals surface area contributed by atoms with E-state index in [1.165, 1.54) is 0 Å². The van der Waals surface area contributed by atoms with Crippen LogP contribution < -0.4 is 15.4 Å². The number of carbonyl (C=O) groups is 1. The van der Waals surface area contributed by atoms with E-state index in [2.05, 4.69) is 34.4 Å². The summed E-state index contributed by atoms with van der Waals surface area (Å²) in [5.41, 5.74) is 0.840. The van der Waals surface area contributed by atoms with Gasteiger partial charge in [0.2, 0.25) is 5.91 Å². The second kappa shape index (κ2) is 10.9. The number of nitrogens with one attached hydrogen (secondary N) is 2. The summed E-state index contributed by atoms with van der Waals surface area (Å²) in [6.45, 7) is 9.18. The van der Waals surface area contributed by atoms with E-state index in [-0.39, 0.29) is 24.2 Å². The van der Waals surface area contributed by atoms with Gasteiger partial charge in [0.25, 0.3) is 0 Å². The smallest absolute Gasteiger partial charge is 0.227 e. The van der Waals surface area contributed by atoms with Gasteiger partial charge in [-0.3, -0.25) is 9.69 Å². The highest BCUT2D eigenvalue weighted by atomic mass is 35.5. The Morgan fingerprint density at radius 1 is 1.22 bits per heavy atom. The topological polar surface area (TPSA) is 56.8 Å². The fourth-order valence-electron chi connectivity index (χ4n) is 3.61. The number of nitrogens with zero attached hydrogens (tertiary/aromatic N) is 2. The van der Waals surface area contributed by atoms with Crippen molar-refractivity contribution in [3.8, 4) is 5.75 Å². The lowest BCUT2D eigenvalue weighted by molar-refractivity contribution is -0.120. The molecular weight excluding hydrogens is 364 g/mol. The molecule has 2 N–H and O–H groups in total. The average molecular weight is 397 g/mol. The van der Waals surface area contributed by atoms with E-state index in [1.807, 2.05) is 24.3 Å². The number of halogens is 1. The first-order valence-corrected chi connectivity index (χ1v) is 9.78. The predicted molar refractivity (Wildman–Crippen MR) is 112 cm³/mol. The molecule has 1 aromatic carbocycles. The Hall–Kier alpha value is -1.34. The first-order valence-electron chi connectivity index (χ1n) is 9.78. The van der Waals surface area contributed by atoms with Crippen molar-refractivity contribution in [3.63, 3.8) is 0 Å². The molecule has 27 heavy (non-hydrogen) atoms. The minimum absolute atomic E-state index is 0. The predicted octanol–water partition coefficient (Wildman–Crippen LogP) is 2.06. The summed E-state index contributed by atoms with van der Waals surface area (Å²) in [5, 5.41) is 6.42. The molecule has 2 fully saturated rings. The van der Waals surface area contributed by atoms with Crippen LogP contribution in [0.4, 0.5) is 5.69 Å². The molecule has 0 aromatic heterocycles. The van der Waals surface area contributed by atoms with Gasteiger partial charge in [-0.2, -0.15) is 0 Å². The van der Waals surface area contributed by atoms with Gasteiger partial charge < -0.3 is 20.3 Å². The highest BCUT2D eigenvalue weighted by Crippen LogP contribution is 2.20. The van der Waals surface area contributed by atoms with Crippen molar-refractivity contribution < 1.29 is 9.53 Å². The van der Waals surface area contributed by atoms with Crippen LogP contribution in [0.25, 0.3) is 0 Å². The van der Waals surface area contributed by atoms with Gasteiger partial charge in [0.1, 0.15) is 12.4 Å². The third-order valence-corrected chi connectivity index (χ3v) is 5.39. The molecule has 0 saturated carbocycles. The molecule has 2 heterocycles. The van der Waals surface area contributed by atoms with Gasteiger partial charge in [-0.05, 0) is 57.6 Å². The molecule has 0 spiro atoms. The summed E-state index contributed by atoms with van der Waals surface area (Å²) in [7, 11) is 2.17. The highest BCUT2D eigenvalue weighted by Gasteiger charge is 2.24. The van der Waals surface area contributed by atoms with Crippen LogP contribution in [0.2, 0.25) is 0 Å². The fraction of sp³-hybridized carbons (Fsp3) is 0.650. The number of likely N-dealkylation sites (N-methyl/N-ethyl adjacent to an activating group) is 1. The Morgan fingerprint density at radius 2 is 1.93 bits per heavy atom. The second-order valence-electron chi connectivity index (χ2n) is 7.58. The normalized spacial score (nSPS) is 24.1. The van der Waals surface area contributed by atoms with Gasteiger partial charge in [0.05, 0.1) is 0 Å². The molecule has 6 nitrogen and oxygen atoms in total. The molecule has 0 unspecified atom stereocenters. The number of amides is 1. The second-order valence-corrected chi connectivity index (χ2v) is 7.58. The summed E-state index contributed by atoms with van der Waals surface area (Å²) >= 11 is 0. The summed E-state index contributed by atoms with van der Waals surface area (Å²) in [5.74, 6) is 1.08. The molecule has 1 aromatic rings. The summed E-state index contributed by atoms with van der Waals surface area (Å²) in [4.78, 5) is 17.2. The molecule has 152 valence electrons. The Bertz CT molecular complexity index is 576. The molecule has 7 heteroatoms. The molecule has 2 aliphatic heterocycles. The van der Waals surface area contributed by atoms with E-state index in [0.717, 1.165) is 63.5 Å². The van der Waals surface area contributed by atoms with Crippen molar-refractivity contribution in [1.29, 1.82) is 0 Å². The molecule has 3 rings (SSSR count). The van der Waals surface area contributed by atoms with Crippen molar-refractivity contribution in [2.45, 2.75) is 25.8 Å². The lowest BCUT2D eigenvalue weighted by Crippen LogP contribution is -2.45. The van der Waals surface area contributed by atoms with Crippen molar-refractivity contribution in [3.05, 3.63) is 24.3 Å². The van der Waals surface area contributed by atoms with Gasteiger partial charge in [-0.1, -0.05) is 0 Å². The van der Waals surface area contributed by atoms with Crippen LogP contribution in [-0.4, -0.2) is 74.7 Å². The Kier molecular flexibility index (Phi) is 8.83. The van der Waals surface area contributed by atoms with Gasteiger partial charge >= 0.3 is 0 Å². The third-order valence-electron chi connectivity index (χ3n) is 5.39. The summed E-state index contributed by atoms with van der Waals surface area (Å²) in [6.07, 6.45) is 1.81. The quantitative estimate of drug-likeness (QED) is 0.770. The standard InChI is InChI=1S/C20H32N4O2.ClH/c1-16-15-17(7-8-21-16)20(25)22-18-3-5-19(6-4-18)26-14-13-24-11-9-23(2)10-12-24;/h3-6,16-17,21H,7-15H2,1-2H3,(H,22,25);1H/t16-,17-;/m0./s1. The number of rotatable bonds is 6. The maximum Gasteiger partial charge on any atom is 0.227 e. The van der Waals surface area contributed by atoms with E-state index in [1.54, 1.807) is 0 Å². The fourth-order valence-corrected chi connectivity index (χ4v) is 3.61. The maximum atomic E-state index is 12.4. The van der Waals surface area contributed by atoms with E-state index >= 15 is 0 Å². The van der Waals surface area contributed by atoms with Crippen LogP contribution in [0.15, 0.2) is 24.3 Å². The first kappa shape index (κ1) is 22.0. The van der Waals surface area contributed by atoms with Crippen molar-refractivity contribution in [2.24, 2.45) is 5.92 Å². The number of carbonyl (C=O) groups excluding carboxylic acids is 1. The molecule has 2 aliphatic rings. The van der Waals surface area contributed by atoms with Crippen molar-refractivity contribution in [2.75, 3.05) is 58.2 Å².